The first kappa shape index (κ1) is 15.5. The summed E-state index contributed by atoms with van der Waals surface area (Å²) < 4.78 is 5.34. The number of imide groups is 2. The number of amides is 4. The van der Waals surface area contributed by atoms with Crippen molar-refractivity contribution < 1.29 is 29.0 Å². The number of carboxylic acid groups (broad SMARTS) is 1. The maximum absolute atomic E-state index is 11.5. The van der Waals surface area contributed by atoms with Crippen molar-refractivity contribution in [1.82, 2.24) is 10.2 Å². The molecule has 0 atom stereocenters. The third-order valence-corrected chi connectivity index (χ3v) is 2.98. The summed E-state index contributed by atoms with van der Waals surface area (Å²) in [7, 11) is 0. The first-order valence-corrected chi connectivity index (χ1v) is 6.60. The lowest BCUT2D eigenvalue weighted by Crippen LogP contribution is -2.30. The molecule has 116 valence electrons. The molecule has 1 aromatic carbocycles. The van der Waals surface area contributed by atoms with Crippen LogP contribution in [0, 0.1) is 0 Å². The van der Waals surface area contributed by atoms with Crippen LogP contribution in [0.4, 0.5) is 4.79 Å². The third-order valence-electron chi connectivity index (χ3n) is 2.98. The summed E-state index contributed by atoms with van der Waals surface area (Å²) in [6, 6.07) is 3.50. The van der Waals surface area contributed by atoms with Gasteiger partial charge in [-0.3, -0.25) is 19.8 Å². The Kier molecular flexibility index (Phi) is 4.40. The normalized spacial score (nSPS) is 14.2. The fourth-order valence-corrected chi connectivity index (χ4v) is 1.94. The number of carboxylic acids is 1. The predicted octanol–water partition coefficient (Wildman–Crippen LogP) is 0.752. The largest absolute Gasteiger partial charge is 0.493 e. The maximum atomic E-state index is 11.5. The molecule has 1 aliphatic rings. The van der Waals surface area contributed by atoms with Gasteiger partial charge in [0.05, 0.1) is 13.2 Å². The van der Waals surface area contributed by atoms with Crippen LogP contribution in [0.1, 0.15) is 29.3 Å². The van der Waals surface area contributed by atoms with Crippen LogP contribution < -0.4 is 10.1 Å². The molecule has 4 amide bonds. The molecule has 1 aliphatic heterocycles. The first-order valence-electron chi connectivity index (χ1n) is 6.60. The molecule has 0 spiro atoms. The van der Waals surface area contributed by atoms with E-state index in [1.807, 2.05) is 12.2 Å². The minimum atomic E-state index is -1.18. The Bertz CT molecular complexity index is 655. The van der Waals surface area contributed by atoms with E-state index in [0.29, 0.717) is 12.2 Å². The fourth-order valence-electron chi connectivity index (χ4n) is 1.94. The molecule has 8 heteroatoms. The van der Waals surface area contributed by atoms with Gasteiger partial charge in [-0.25, -0.2) is 9.59 Å². The van der Waals surface area contributed by atoms with Crippen molar-refractivity contribution in [3.63, 3.8) is 0 Å². The second kappa shape index (κ2) is 6.25. The molecule has 8 nitrogen and oxygen atoms in total. The molecule has 0 aliphatic carbocycles. The van der Waals surface area contributed by atoms with Gasteiger partial charge in [0, 0.05) is 0 Å². The maximum Gasteiger partial charge on any atom is 0.339 e. The number of carbonyl (C=O) groups is 4. The highest BCUT2D eigenvalue weighted by Gasteiger charge is 2.36. The zero-order chi connectivity index (χ0) is 16.3. The molecule has 0 aromatic heterocycles. The first-order chi connectivity index (χ1) is 10.4. The number of carbonyl (C=O) groups excluding carboxylic acids is 3. The zero-order valence-electron chi connectivity index (χ0n) is 11.8. The summed E-state index contributed by atoms with van der Waals surface area (Å²) >= 11 is 0. The molecule has 22 heavy (non-hydrogen) atoms. The van der Waals surface area contributed by atoms with Crippen molar-refractivity contribution in [3.05, 3.63) is 29.3 Å². The van der Waals surface area contributed by atoms with Crippen molar-refractivity contribution in [1.29, 1.82) is 0 Å². The Morgan fingerprint density at radius 2 is 2.05 bits per heavy atom. The van der Waals surface area contributed by atoms with E-state index < -0.39 is 23.8 Å². The van der Waals surface area contributed by atoms with E-state index in [-0.39, 0.29) is 17.9 Å². The van der Waals surface area contributed by atoms with Gasteiger partial charge >= 0.3 is 23.8 Å². The topological polar surface area (TPSA) is 113 Å². The van der Waals surface area contributed by atoms with Gasteiger partial charge < -0.3 is 9.84 Å². The van der Waals surface area contributed by atoms with E-state index in [0.717, 1.165) is 11.3 Å². The van der Waals surface area contributed by atoms with Gasteiger partial charge in [0.15, 0.2) is 0 Å². The molecule has 1 heterocycles. The van der Waals surface area contributed by atoms with Gasteiger partial charge in [-0.1, -0.05) is 13.0 Å². The molecule has 1 aromatic rings. The number of nitrogens with one attached hydrogen (secondary N) is 1. The Labute approximate surface area is 125 Å². The van der Waals surface area contributed by atoms with Crippen LogP contribution in [-0.2, 0) is 16.1 Å². The number of nitrogens with zero attached hydrogens (tertiary/aromatic N) is 1. The van der Waals surface area contributed by atoms with Crippen molar-refractivity contribution in [2.75, 3.05) is 6.61 Å². The van der Waals surface area contributed by atoms with Crippen molar-refractivity contribution in [2.45, 2.75) is 19.9 Å². The predicted molar refractivity (Wildman–Crippen MR) is 73.3 cm³/mol. The third kappa shape index (κ3) is 3.05. The van der Waals surface area contributed by atoms with Crippen LogP contribution in [0.15, 0.2) is 18.2 Å². The molecular formula is C14H14N2O6. The monoisotopic (exact) mass is 306 g/mol. The molecule has 2 rings (SSSR count). The molecule has 2 N–H and O–H groups in total. The van der Waals surface area contributed by atoms with Crippen LogP contribution in [0.3, 0.4) is 0 Å². The number of aromatic carboxylic acids is 1. The highest BCUT2D eigenvalue weighted by Crippen LogP contribution is 2.22. The van der Waals surface area contributed by atoms with Crippen LogP contribution >= 0.6 is 0 Å². The van der Waals surface area contributed by atoms with E-state index in [4.69, 9.17) is 4.74 Å². The van der Waals surface area contributed by atoms with Crippen molar-refractivity contribution in [3.8, 4) is 5.75 Å². The highest BCUT2D eigenvalue weighted by molar-refractivity contribution is 6.44. The Hall–Kier alpha value is -2.90. The lowest BCUT2D eigenvalue weighted by atomic mass is 10.1. The smallest absolute Gasteiger partial charge is 0.339 e. The second-order valence-corrected chi connectivity index (χ2v) is 4.63. The van der Waals surface area contributed by atoms with E-state index >= 15 is 0 Å². The van der Waals surface area contributed by atoms with Crippen LogP contribution in [0.2, 0.25) is 0 Å². The Morgan fingerprint density at radius 3 is 2.59 bits per heavy atom. The van der Waals surface area contributed by atoms with Gasteiger partial charge in [0.1, 0.15) is 11.3 Å². The molecule has 0 unspecified atom stereocenters. The summed E-state index contributed by atoms with van der Waals surface area (Å²) in [6.45, 7) is 2.08. The molecular weight excluding hydrogens is 292 g/mol. The number of rotatable bonds is 6. The summed E-state index contributed by atoms with van der Waals surface area (Å²) in [5, 5.41) is 11.1. The molecule has 0 radical (unpaired) electrons. The number of hydrogen-bond acceptors (Lipinski definition) is 5. The highest BCUT2D eigenvalue weighted by atomic mass is 16.5. The van der Waals surface area contributed by atoms with E-state index in [1.165, 1.54) is 12.1 Å². The molecule has 1 fully saturated rings. The molecule has 1 saturated heterocycles. The minimum Gasteiger partial charge on any atom is -0.493 e. The lowest BCUT2D eigenvalue weighted by Gasteiger charge is -2.13. The average molecular weight is 306 g/mol. The van der Waals surface area contributed by atoms with Gasteiger partial charge in [-0.15, -0.1) is 0 Å². The van der Waals surface area contributed by atoms with Crippen LogP contribution in [-0.4, -0.2) is 40.4 Å². The Balaban J connectivity index is 2.24. The van der Waals surface area contributed by atoms with Gasteiger partial charge in [0.2, 0.25) is 0 Å². The minimum absolute atomic E-state index is 0.0654. The zero-order valence-corrected chi connectivity index (χ0v) is 11.8. The fraction of sp³-hybridized carbons (Fsp3) is 0.286. The summed E-state index contributed by atoms with van der Waals surface area (Å²) in [5.74, 6) is -2.92. The Morgan fingerprint density at radius 1 is 1.32 bits per heavy atom. The van der Waals surface area contributed by atoms with Gasteiger partial charge in [-0.05, 0) is 24.1 Å². The van der Waals surface area contributed by atoms with Crippen molar-refractivity contribution in [2.24, 2.45) is 0 Å². The van der Waals surface area contributed by atoms with E-state index in [2.05, 4.69) is 0 Å². The van der Waals surface area contributed by atoms with Crippen LogP contribution in [0.5, 0.6) is 5.75 Å². The van der Waals surface area contributed by atoms with Crippen molar-refractivity contribution >= 4 is 23.8 Å². The number of ether oxygens (including phenoxy) is 1. The summed E-state index contributed by atoms with van der Waals surface area (Å²) in [4.78, 5) is 46.0. The second-order valence-electron chi connectivity index (χ2n) is 4.63. The average Bonchev–Trinajstić information content (AvgIpc) is 2.72. The number of urea groups is 1. The SMILES string of the molecule is CCCOc1ccc(CN2C(=O)NC(=O)C2=O)cc1C(=O)O. The standard InChI is InChI=1S/C14H14N2O6/c1-2-5-22-10-4-3-8(6-9(10)13(19)20)7-16-12(18)11(17)15-14(16)21/h3-4,6H,2,5,7H2,1H3,(H,19,20)(H,15,17,21). The summed E-state index contributed by atoms with van der Waals surface area (Å²) in [6.07, 6.45) is 0.728. The molecule has 0 bridgehead atoms. The summed E-state index contributed by atoms with van der Waals surface area (Å²) in [5.41, 5.74) is 0.337. The molecule has 0 saturated carbocycles. The van der Waals surface area contributed by atoms with E-state index in [9.17, 15) is 24.3 Å². The van der Waals surface area contributed by atoms with E-state index in [1.54, 1.807) is 6.07 Å². The van der Waals surface area contributed by atoms with Gasteiger partial charge in [0.25, 0.3) is 0 Å². The van der Waals surface area contributed by atoms with Gasteiger partial charge in [-0.2, -0.15) is 0 Å². The lowest BCUT2D eigenvalue weighted by molar-refractivity contribution is -0.140. The number of hydrogen-bond donors (Lipinski definition) is 2. The quantitative estimate of drug-likeness (QED) is 0.592. The van der Waals surface area contributed by atoms with Crippen LogP contribution in [0.25, 0.3) is 0 Å². The number of benzene rings is 1.